The first kappa shape index (κ1) is 12.4. The number of hydrogen-bond acceptors (Lipinski definition) is 2. The maximum atomic E-state index is 2.65. The zero-order valence-corrected chi connectivity index (χ0v) is 11.1. The Morgan fingerprint density at radius 1 is 1.06 bits per heavy atom. The first-order valence-electron chi connectivity index (χ1n) is 7.21. The van der Waals surface area contributed by atoms with Crippen LogP contribution in [0.15, 0.2) is 0 Å². The van der Waals surface area contributed by atoms with Gasteiger partial charge < -0.3 is 9.80 Å². The molecule has 0 radical (unpaired) electrons. The van der Waals surface area contributed by atoms with Gasteiger partial charge in [-0.3, -0.25) is 0 Å². The summed E-state index contributed by atoms with van der Waals surface area (Å²) in [4.78, 5) is 5.26. The van der Waals surface area contributed by atoms with Crippen LogP contribution in [0.3, 0.4) is 0 Å². The third-order valence-electron chi connectivity index (χ3n) is 4.64. The molecule has 2 aliphatic heterocycles. The van der Waals surface area contributed by atoms with E-state index in [0.717, 1.165) is 12.1 Å². The van der Waals surface area contributed by atoms with Gasteiger partial charge >= 0.3 is 0 Å². The molecule has 0 saturated carbocycles. The normalized spacial score (nSPS) is 33.4. The zero-order chi connectivity index (χ0) is 11.4. The van der Waals surface area contributed by atoms with Gasteiger partial charge in [0, 0.05) is 12.1 Å². The summed E-state index contributed by atoms with van der Waals surface area (Å²) in [5.74, 6) is 0. The molecule has 2 heterocycles. The van der Waals surface area contributed by atoms with E-state index >= 15 is 0 Å². The molecular weight excluding hydrogens is 196 g/mol. The largest absolute Gasteiger partial charge is 0.303 e. The molecule has 0 aromatic heterocycles. The van der Waals surface area contributed by atoms with Gasteiger partial charge in [-0.2, -0.15) is 0 Å². The van der Waals surface area contributed by atoms with Crippen molar-refractivity contribution in [3.05, 3.63) is 0 Å². The van der Waals surface area contributed by atoms with Gasteiger partial charge in [0.25, 0.3) is 0 Å². The topological polar surface area (TPSA) is 6.48 Å². The highest BCUT2D eigenvalue weighted by Gasteiger charge is 2.24. The molecule has 0 N–H and O–H groups in total. The van der Waals surface area contributed by atoms with Crippen LogP contribution in [0.2, 0.25) is 0 Å². The van der Waals surface area contributed by atoms with Crippen LogP contribution in [0, 0.1) is 0 Å². The Morgan fingerprint density at radius 2 is 1.81 bits per heavy atom. The third-order valence-corrected chi connectivity index (χ3v) is 4.64. The Morgan fingerprint density at radius 3 is 2.56 bits per heavy atom. The van der Waals surface area contributed by atoms with Gasteiger partial charge in [-0.15, -0.1) is 0 Å². The van der Waals surface area contributed by atoms with E-state index in [2.05, 4.69) is 23.8 Å². The lowest BCUT2D eigenvalue weighted by Gasteiger charge is -2.38. The van der Waals surface area contributed by atoms with E-state index in [-0.39, 0.29) is 0 Å². The molecule has 2 saturated heterocycles. The van der Waals surface area contributed by atoms with Crippen molar-refractivity contribution in [3.8, 4) is 0 Å². The molecule has 2 rings (SSSR count). The SMILES string of the molecule is CC1CCCC(CCCN2CCCC2)N1C. The number of rotatable bonds is 4. The molecule has 2 heteroatoms. The van der Waals surface area contributed by atoms with Crippen molar-refractivity contribution in [3.63, 3.8) is 0 Å². The lowest BCUT2D eigenvalue weighted by Crippen LogP contribution is -2.42. The summed E-state index contributed by atoms with van der Waals surface area (Å²) in [6.45, 7) is 6.44. The smallest absolute Gasteiger partial charge is 0.00955 e. The molecule has 2 aliphatic rings. The molecule has 0 amide bonds. The predicted molar refractivity (Wildman–Crippen MR) is 69.8 cm³/mol. The van der Waals surface area contributed by atoms with Crippen molar-refractivity contribution in [1.82, 2.24) is 9.80 Å². The summed E-state index contributed by atoms with van der Waals surface area (Å²) in [6, 6.07) is 1.68. The zero-order valence-electron chi connectivity index (χ0n) is 11.1. The number of nitrogens with zero attached hydrogens (tertiary/aromatic N) is 2. The fourth-order valence-electron chi connectivity index (χ4n) is 3.32. The molecule has 2 fully saturated rings. The maximum absolute atomic E-state index is 2.65. The number of piperidine rings is 1. The van der Waals surface area contributed by atoms with Crippen molar-refractivity contribution in [1.29, 1.82) is 0 Å². The van der Waals surface area contributed by atoms with Crippen LogP contribution in [-0.2, 0) is 0 Å². The van der Waals surface area contributed by atoms with E-state index in [1.165, 1.54) is 64.6 Å². The lowest BCUT2D eigenvalue weighted by atomic mass is 9.94. The van der Waals surface area contributed by atoms with Crippen molar-refractivity contribution in [2.45, 2.75) is 64.0 Å². The molecular formula is C14H28N2. The second-order valence-electron chi connectivity index (χ2n) is 5.79. The van der Waals surface area contributed by atoms with Gasteiger partial charge in [0.2, 0.25) is 0 Å². The van der Waals surface area contributed by atoms with E-state index < -0.39 is 0 Å². The van der Waals surface area contributed by atoms with Crippen LogP contribution in [-0.4, -0.2) is 48.6 Å². The molecule has 0 spiro atoms. The first-order valence-corrected chi connectivity index (χ1v) is 7.21. The molecule has 2 unspecified atom stereocenters. The van der Waals surface area contributed by atoms with Crippen LogP contribution in [0.1, 0.15) is 51.9 Å². The van der Waals surface area contributed by atoms with Crippen molar-refractivity contribution >= 4 is 0 Å². The van der Waals surface area contributed by atoms with E-state index in [1.807, 2.05) is 0 Å². The molecule has 2 atom stereocenters. The van der Waals surface area contributed by atoms with Crippen LogP contribution in [0.4, 0.5) is 0 Å². The van der Waals surface area contributed by atoms with E-state index in [1.54, 1.807) is 0 Å². The van der Waals surface area contributed by atoms with Crippen LogP contribution < -0.4 is 0 Å². The predicted octanol–water partition coefficient (Wildman–Crippen LogP) is 2.74. The minimum atomic E-state index is 0.811. The molecule has 16 heavy (non-hydrogen) atoms. The maximum Gasteiger partial charge on any atom is 0.00955 e. The summed E-state index contributed by atoms with van der Waals surface area (Å²) in [6.07, 6.45) is 9.96. The monoisotopic (exact) mass is 224 g/mol. The van der Waals surface area contributed by atoms with Gasteiger partial charge in [0.1, 0.15) is 0 Å². The van der Waals surface area contributed by atoms with Crippen molar-refractivity contribution in [2.24, 2.45) is 0 Å². The summed E-state index contributed by atoms with van der Waals surface area (Å²) in [7, 11) is 2.32. The Hall–Kier alpha value is -0.0800. The summed E-state index contributed by atoms with van der Waals surface area (Å²) in [5.41, 5.74) is 0. The summed E-state index contributed by atoms with van der Waals surface area (Å²) >= 11 is 0. The van der Waals surface area contributed by atoms with Crippen molar-refractivity contribution < 1.29 is 0 Å². The Kier molecular flexibility index (Phi) is 4.66. The van der Waals surface area contributed by atoms with Gasteiger partial charge in [-0.25, -0.2) is 0 Å². The minimum absolute atomic E-state index is 0.811. The Bertz CT molecular complexity index is 199. The standard InChI is InChI=1S/C14H28N2/c1-13-7-5-8-14(15(13)2)9-6-12-16-10-3-4-11-16/h13-14H,3-12H2,1-2H3. The van der Waals surface area contributed by atoms with Gasteiger partial charge in [0.05, 0.1) is 0 Å². The van der Waals surface area contributed by atoms with Crippen molar-refractivity contribution in [2.75, 3.05) is 26.7 Å². The molecule has 2 nitrogen and oxygen atoms in total. The quantitative estimate of drug-likeness (QED) is 0.724. The van der Waals surface area contributed by atoms with Gasteiger partial charge in [-0.1, -0.05) is 6.42 Å². The Balaban J connectivity index is 1.64. The van der Waals surface area contributed by atoms with Gasteiger partial charge in [-0.05, 0) is 72.1 Å². The number of likely N-dealkylation sites (tertiary alicyclic amines) is 2. The van der Waals surface area contributed by atoms with Crippen LogP contribution in [0.5, 0.6) is 0 Å². The van der Waals surface area contributed by atoms with Crippen LogP contribution >= 0.6 is 0 Å². The average Bonchev–Trinajstić information content (AvgIpc) is 2.77. The molecule has 0 aliphatic carbocycles. The highest BCUT2D eigenvalue weighted by atomic mass is 15.2. The summed E-state index contributed by atoms with van der Waals surface area (Å²) in [5, 5.41) is 0. The highest BCUT2D eigenvalue weighted by Crippen LogP contribution is 2.24. The fraction of sp³-hybridized carbons (Fsp3) is 1.00. The minimum Gasteiger partial charge on any atom is -0.303 e. The second kappa shape index (κ2) is 6.02. The molecule has 94 valence electrons. The van der Waals surface area contributed by atoms with E-state index in [9.17, 15) is 0 Å². The van der Waals surface area contributed by atoms with Crippen LogP contribution in [0.25, 0.3) is 0 Å². The fourth-order valence-corrected chi connectivity index (χ4v) is 3.32. The van der Waals surface area contributed by atoms with E-state index in [0.29, 0.717) is 0 Å². The summed E-state index contributed by atoms with van der Waals surface area (Å²) < 4.78 is 0. The van der Waals surface area contributed by atoms with Gasteiger partial charge in [0.15, 0.2) is 0 Å². The number of hydrogen-bond donors (Lipinski definition) is 0. The Labute approximate surface area is 101 Å². The molecule has 0 aromatic carbocycles. The second-order valence-corrected chi connectivity index (χ2v) is 5.79. The lowest BCUT2D eigenvalue weighted by molar-refractivity contribution is 0.115. The average molecular weight is 224 g/mol. The highest BCUT2D eigenvalue weighted by molar-refractivity contribution is 4.80. The molecule has 0 bridgehead atoms. The van der Waals surface area contributed by atoms with E-state index in [4.69, 9.17) is 0 Å². The third kappa shape index (κ3) is 3.21. The first-order chi connectivity index (χ1) is 7.77. The molecule has 0 aromatic rings.